The molecule has 10 nitrogen and oxygen atoms in total. The summed E-state index contributed by atoms with van der Waals surface area (Å²) in [7, 11) is 1.46. The fourth-order valence-corrected chi connectivity index (χ4v) is 6.82. The number of hydrogen-bond acceptors (Lipinski definition) is 8. The fraction of sp³-hybridized carbons (Fsp3) is 0.500. The maximum atomic E-state index is 12.4. The molecule has 1 aromatic carbocycles. The van der Waals surface area contributed by atoms with Gasteiger partial charge in [-0.25, -0.2) is 0 Å². The Morgan fingerprint density at radius 1 is 1.07 bits per heavy atom. The second-order valence-electron chi connectivity index (χ2n) is 6.10. The van der Waals surface area contributed by atoms with Crippen LogP contribution in [-0.2, 0) is 9.53 Å². The van der Waals surface area contributed by atoms with Crippen molar-refractivity contribution in [1.29, 1.82) is 0 Å². The van der Waals surface area contributed by atoms with Crippen molar-refractivity contribution in [2.75, 3.05) is 19.0 Å². The van der Waals surface area contributed by atoms with Crippen molar-refractivity contribution in [2.24, 2.45) is 0 Å². The highest BCUT2D eigenvalue weighted by Crippen LogP contribution is 2.41. The van der Waals surface area contributed by atoms with Gasteiger partial charge in [0.2, 0.25) is 12.2 Å². The van der Waals surface area contributed by atoms with E-state index in [1.807, 2.05) is 67.8 Å². The minimum absolute atomic E-state index is 0.137. The molecule has 0 radical (unpaired) electrons. The van der Waals surface area contributed by atoms with Gasteiger partial charge in [-0.05, 0) is 67.8 Å². The molecular formula is C16H19I3N2O8. The number of ether oxygens (including phenoxy) is 2. The first-order valence-corrected chi connectivity index (χ1v) is 11.5. The van der Waals surface area contributed by atoms with Crippen LogP contribution in [-0.4, -0.2) is 76.6 Å². The van der Waals surface area contributed by atoms with E-state index in [1.165, 1.54) is 14.0 Å². The summed E-state index contributed by atoms with van der Waals surface area (Å²) in [5.41, 5.74) is 0.592. The molecular weight excluding hydrogens is 729 g/mol. The van der Waals surface area contributed by atoms with Crippen LogP contribution in [0.2, 0.25) is 0 Å². The molecule has 162 valence electrons. The molecule has 6 N–H and O–H groups in total. The zero-order valence-electron chi connectivity index (χ0n) is 15.1. The van der Waals surface area contributed by atoms with Crippen molar-refractivity contribution >= 4 is 85.3 Å². The van der Waals surface area contributed by atoms with Gasteiger partial charge in [0.15, 0.2) is 5.75 Å². The molecule has 2 rings (SSSR count). The molecule has 1 heterocycles. The zero-order chi connectivity index (χ0) is 22.0. The number of benzene rings is 1. The molecule has 29 heavy (non-hydrogen) atoms. The third-order valence-corrected chi connectivity index (χ3v) is 7.25. The smallest absolute Gasteiger partial charge is 0.253 e. The van der Waals surface area contributed by atoms with Crippen LogP contribution in [0.3, 0.4) is 0 Å². The minimum Gasteiger partial charge on any atom is -0.460 e. The lowest BCUT2D eigenvalue weighted by Crippen LogP contribution is -2.60. The molecule has 1 aliphatic rings. The highest BCUT2D eigenvalue weighted by molar-refractivity contribution is 14.1. The van der Waals surface area contributed by atoms with E-state index >= 15 is 0 Å². The van der Waals surface area contributed by atoms with Crippen LogP contribution in [0.15, 0.2) is 0 Å². The third kappa shape index (κ3) is 5.24. The quantitative estimate of drug-likeness (QED) is 0.230. The highest BCUT2D eigenvalue weighted by Gasteiger charge is 2.45. The zero-order valence-corrected chi connectivity index (χ0v) is 21.6. The van der Waals surface area contributed by atoms with Crippen LogP contribution in [0.25, 0.3) is 0 Å². The first-order valence-electron chi connectivity index (χ1n) is 8.22. The van der Waals surface area contributed by atoms with E-state index in [0.717, 1.165) is 0 Å². The van der Waals surface area contributed by atoms with E-state index in [0.29, 0.717) is 16.4 Å². The Hall–Kier alpha value is -0.0500. The molecule has 13 heteroatoms. The molecule has 0 bridgehead atoms. The summed E-state index contributed by atoms with van der Waals surface area (Å²) >= 11 is 5.77. The van der Waals surface area contributed by atoms with Crippen molar-refractivity contribution < 1.29 is 39.5 Å². The minimum atomic E-state index is -1.62. The number of carbonyl (C=O) groups is 2. The van der Waals surface area contributed by atoms with Gasteiger partial charge in [0, 0.05) is 14.0 Å². The number of rotatable bonds is 5. The molecule has 0 spiro atoms. The number of aliphatic hydroxyl groups is 4. The molecule has 1 fully saturated rings. The van der Waals surface area contributed by atoms with E-state index in [1.54, 1.807) is 0 Å². The van der Waals surface area contributed by atoms with Crippen molar-refractivity contribution in [2.45, 2.75) is 37.6 Å². The van der Waals surface area contributed by atoms with Crippen LogP contribution in [0.5, 0.6) is 5.75 Å². The van der Waals surface area contributed by atoms with Crippen LogP contribution in [0.4, 0.5) is 5.69 Å². The Kier molecular flexibility index (Phi) is 9.14. The summed E-state index contributed by atoms with van der Waals surface area (Å²) in [5.74, 6) is -0.637. The van der Waals surface area contributed by atoms with Gasteiger partial charge in [0.1, 0.15) is 24.4 Å². The van der Waals surface area contributed by atoms with Crippen LogP contribution >= 0.6 is 67.8 Å². The lowest BCUT2D eigenvalue weighted by Gasteiger charge is -2.39. The number of anilines is 1. The summed E-state index contributed by atoms with van der Waals surface area (Å²) in [6.07, 6.45) is -7.34. The molecule has 1 aromatic rings. The average molecular weight is 748 g/mol. The Balaban J connectivity index is 2.56. The van der Waals surface area contributed by atoms with E-state index in [4.69, 9.17) is 9.47 Å². The lowest BCUT2D eigenvalue weighted by molar-refractivity contribution is -0.277. The van der Waals surface area contributed by atoms with E-state index in [9.17, 15) is 30.0 Å². The van der Waals surface area contributed by atoms with Crippen LogP contribution in [0.1, 0.15) is 17.3 Å². The summed E-state index contributed by atoms with van der Waals surface area (Å²) in [4.78, 5) is 24.1. The maximum absolute atomic E-state index is 12.4. The standard InChI is InChI=1S/C16H19I3N2O8/c1-4(23)21-10-7(17)6(15(27)20-2)8(18)14(9(10)19)29-16-13(26)12(25)11(24)5(3-22)28-16/h5,11-13,16,22,24-26H,3H2,1-2H3,(H,20,27)(H,21,23). The number of amides is 2. The van der Waals surface area contributed by atoms with Gasteiger partial charge >= 0.3 is 0 Å². The second kappa shape index (κ2) is 10.5. The van der Waals surface area contributed by atoms with Crippen molar-refractivity contribution in [3.05, 3.63) is 16.3 Å². The fourth-order valence-electron chi connectivity index (χ4n) is 2.64. The highest BCUT2D eigenvalue weighted by atomic mass is 127. The first kappa shape index (κ1) is 25.2. The predicted molar refractivity (Wildman–Crippen MR) is 127 cm³/mol. The topological polar surface area (TPSA) is 158 Å². The molecule has 2 amide bonds. The summed E-state index contributed by atoms with van der Waals surface area (Å²) < 4.78 is 12.5. The second-order valence-corrected chi connectivity index (χ2v) is 9.33. The van der Waals surface area contributed by atoms with Crippen molar-refractivity contribution in [3.63, 3.8) is 0 Å². The molecule has 0 saturated carbocycles. The monoisotopic (exact) mass is 748 g/mol. The molecule has 0 aliphatic carbocycles. The third-order valence-electron chi connectivity index (χ3n) is 4.11. The Bertz CT molecular complexity index is 807. The largest absolute Gasteiger partial charge is 0.460 e. The van der Waals surface area contributed by atoms with Gasteiger partial charge < -0.3 is 40.5 Å². The van der Waals surface area contributed by atoms with Gasteiger partial charge in [-0.1, -0.05) is 0 Å². The number of halogens is 3. The van der Waals surface area contributed by atoms with Gasteiger partial charge in [-0.15, -0.1) is 0 Å². The van der Waals surface area contributed by atoms with Crippen molar-refractivity contribution in [3.8, 4) is 5.75 Å². The molecule has 1 aliphatic heterocycles. The number of hydrogen-bond donors (Lipinski definition) is 6. The first-order chi connectivity index (χ1) is 13.5. The van der Waals surface area contributed by atoms with Gasteiger partial charge in [0.25, 0.3) is 5.91 Å². The Morgan fingerprint density at radius 3 is 2.21 bits per heavy atom. The summed E-state index contributed by atoms with van der Waals surface area (Å²) in [6.45, 7) is 0.716. The lowest BCUT2D eigenvalue weighted by atomic mass is 9.99. The van der Waals surface area contributed by atoms with E-state index in [2.05, 4.69) is 10.6 Å². The number of nitrogens with one attached hydrogen (secondary N) is 2. The molecule has 5 atom stereocenters. The normalized spacial score (nSPS) is 26.7. The van der Waals surface area contributed by atoms with E-state index < -0.39 is 43.2 Å². The Morgan fingerprint density at radius 2 is 1.69 bits per heavy atom. The van der Waals surface area contributed by atoms with Crippen molar-refractivity contribution in [1.82, 2.24) is 5.32 Å². The van der Waals surface area contributed by atoms with Crippen LogP contribution in [0, 0.1) is 10.7 Å². The maximum Gasteiger partial charge on any atom is 0.253 e. The molecule has 1 saturated heterocycles. The summed E-state index contributed by atoms with van der Waals surface area (Å²) in [6, 6.07) is 0. The van der Waals surface area contributed by atoms with Gasteiger partial charge in [0.05, 0.1) is 28.6 Å². The predicted octanol–water partition coefficient (Wildman–Crippen LogP) is -0.00290. The average Bonchev–Trinajstić information content (AvgIpc) is 2.67. The molecule has 0 aromatic heterocycles. The summed E-state index contributed by atoms with van der Waals surface area (Å²) in [5, 5.41) is 44.7. The van der Waals surface area contributed by atoms with Gasteiger partial charge in [-0.3, -0.25) is 9.59 Å². The Labute approximate surface area is 207 Å². The van der Waals surface area contributed by atoms with Crippen LogP contribution < -0.4 is 15.4 Å². The molecule has 5 unspecified atom stereocenters. The number of carbonyl (C=O) groups excluding carboxylic acids is 2. The SMILES string of the molecule is CNC(=O)c1c(I)c(NC(C)=O)c(I)c(OC2OC(CO)C(O)C(O)C2O)c1I. The van der Waals surface area contributed by atoms with E-state index in [-0.39, 0.29) is 17.2 Å². The van der Waals surface area contributed by atoms with Gasteiger partial charge in [-0.2, -0.15) is 0 Å². The number of aliphatic hydroxyl groups excluding tert-OH is 4.